The van der Waals surface area contributed by atoms with Crippen molar-refractivity contribution in [3.05, 3.63) is 11.8 Å². The first-order chi connectivity index (χ1) is 7.27. The van der Waals surface area contributed by atoms with Crippen LogP contribution in [0.15, 0.2) is 4.42 Å². The second kappa shape index (κ2) is 6.59. The summed E-state index contributed by atoms with van der Waals surface area (Å²) in [5, 5.41) is 7.90. The van der Waals surface area contributed by atoms with Crippen LogP contribution in [-0.2, 0) is 0 Å². The van der Waals surface area contributed by atoms with Crippen molar-refractivity contribution in [1.29, 1.82) is 0 Å². The predicted octanol–water partition coefficient (Wildman–Crippen LogP) is 3.84. The molecule has 86 valence electrons. The molecule has 1 aliphatic carbocycles. The topological polar surface area (TPSA) is 38.9 Å². The van der Waals surface area contributed by atoms with Gasteiger partial charge in [-0.2, -0.15) is 0 Å². The van der Waals surface area contributed by atoms with Crippen LogP contribution < -0.4 is 0 Å². The van der Waals surface area contributed by atoms with Crippen LogP contribution in [0.4, 0.5) is 0 Å². The van der Waals surface area contributed by atoms with Gasteiger partial charge in [-0.05, 0) is 12.8 Å². The molecule has 0 unspecified atom stereocenters. The Morgan fingerprint density at radius 1 is 1.13 bits per heavy atom. The third-order valence-electron chi connectivity index (χ3n) is 2.50. The average Bonchev–Trinajstić information content (AvgIpc) is 2.67. The number of hydrogen-bond donors (Lipinski definition) is 0. The fourth-order valence-electron chi connectivity index (χ4n) is 1.83. The molecule has 1 aromatic heterocycles. The van der Waals surface area contributed by atoms with E-state index in [0.717, 1.165) is 5.89 Å². The first kappa shape index (κ1) is 12.2. The molecule has 0 saturated heterocycles. The van der Waals surface area contributed by atoms with Gasteiger partial charge in [-0.3, -0.25) is 0 Å². The fraction of sp³-hybridized carbons (Fsp3) is 0.833. The quantitative estimate of drug-likeness (QED) is 0.707. The minimum absolute atomic E-state index is 0.542. The van der Waals surface area contributed by atoms with Crippen molar-refractivity contribution in [2.45, 2.75) is 65.2 Å². The van der Waals surface area contributed by atoms with Gasteiger partial charge in [0, 0.05) is 12.8 Å². The summed E-state index contributed by atoms with van der Waals surface area (Å²) in [6, 6.07) is 0. The highest BCUT2D eigenvalue weighted by Crippen LogP contribution is 2.31. The Hall–Kier alpha value is -0.860. The summed E-state index contributed by atoms with van der Waals surface area (Å²) < 4.78 is 5.40. The molecule has 1 heterocycles. The molecule has 0 spiro atoms. The number of nitrogens with zero attached hydrogens (tertiary/aromatic N) is 2. The summed E-state index contributed by atoms with van der Waals surface area (Å²) in [5.41, 5.74) is 0. The summed E-state index contributed by atoms with van der Waals surface area (Å²) in [4.78, 5) is 0. The molecule has 1 aliphatic rings. The molecule has 0 aliphatic heterocycles. The molecule has 0 N–H and O–H groups in total. The second-order valence-corrected chi connectivity index (χ2v) is 4.20. The van der Waals surface area contributed by atoms with Crippen molar-refractivity contribution in [2.75, 3.05) is 0 Å². The normalized spacial score (nSPS) is 17.0. The van der Waals surface area contributed by atoms with Gasteiger partial charge in [0.25, 0.3) is 0 Å². The summed E-state index contributed by atoms with van der Waals surface area (Å²) in [6.45, 7) is 6.10. The van der Waals surface area contributed by atoms with Gasteiger partial charge in [0.1, 0.15) is 0 Å². The maximum atomic E-state index is 5.40. The largest absolute Gasteiger partial charge is 0.425 e. The van der Waals surface area contributed by atoms with Crippen molar-refractivity contribution < 1.29 is 4.42 Å². The first-order valence-electron chi connectivity index (χ1n) is 6.07. The molecule has 0 amide bonds. The zero-order chi connectivity index (χ0) is 11.1. The van der Waals surface area contributed by atoms with E-state index in [1.54, 1.807) is 0 Å². The number of hydrogen-bond acceptors (Lipinski definition) is 3. The highest BCUT2D eigenvalue weighted by atomic mass is 16.4. The molecule has 0 bridgehead atoms. The van der Waals surface area contributed by atoms with Gasteiger partial charge in [0.05, 0.1) is 0 Å². The third-order valence-corrected chi connectivity index (χ3v) is 2.50. The molecular weight excluding hydrogens is 188 g/mol. The molecule has 3 nitrogen and oxygen atoms in total. The maximum absolute atomic E-state index is 5.40. The van der Waals surface area contributed by atoms with Gasteiger partial charge in [0.2, 0.25) is 11.8 Å². The lowest BCUT2D eigenvalue weighted by molar-refractivity contribution is 0.356. The van der Waals surface area contributed by atoms with Gasteiger partial charge in [-0.25, -0.2) is 0 Å². The van der Waals surface area contributed by atoms with E-state index in [4.69, 9.17) is 4.42 Å². The molecule has 1 fully saturated rings. The van der Waals surface area contributed by atoms with Crippen LogP contribution >= 0.6 is 0 Å². The van der Waals surface area contributed by atoms with E-state index in [1.165, 1.54) is 38.5 Å². The van der Waals surface area contributed by atoms with Gasteiger partial charge < -0.3 is 4.42 Å². The van der Waals surface area contributed by atoms with Crippen LogP contribution in [0.1, 0.15) is 70.1 Å². The lowest BCUT2D eigenvalue weighted by Crippen LogP contribution is -2.04. The fourth-order valence-corrected chi connectivity index (χ4v) is 1.83. The Bertz CT molecular complexity index is 264. The number of aromatic nitrogens is 2. The Kier molecular flexibility index (Phi) is 5.37. The first-order valence-corrected chi connectivity index (χ1v) is 6.07. The van der Waals surface area contributed by atoms with Gasteiger partial charge in [0.15, 0.2) is 0 Å². The van der Waals surface area contributed by atoms with E-state index in [9.17, 15) is 0 Å². The Balaban J connectivity index is 0.000000337. The minimum Gasteiger partial charge on any atom is -0.425 e. The standard InChI is InChI=1S/C9H14N2O.C3H8/c1-7-10-11-9(12-7)8-5-3-2-4-6-8;1-3-2/h8H,2-6H2,1H3;3H2,1-2H3. The minimum atomic E-state index is 0.542. The lowest BCUT2D eigenvalue weighted by Gasteiger charge is -2.17. The molecule has 15 heavy (non-hydrogen) atoms. The molecule has 1 saturated carbocycles. The molecule has 0 aromatic carbocycles. The van der Waals surface area contributed by atoms with Crippen molar-refractivity contribution in [3.8, 4) is 0 Å². The van der Waals surface area contributed by atoms with Crippen LogP contribution in [0, 0.1) is 6.92 Å². The van der Waals surface area contributed by atoms with Gasteiger partial charge >= 0.3 is 0 Å². The average molecular weight is 210 g/mol. The van der Waals surface area contributed by atoms with Gasteiger partial charge in [-0.15, -0.1) is 10.2 Å². The molecule has 3 heteroatoms. The van der Waals surface area contributed by atoms with E-state index < -0.39 is 0 Å². The van der Waals surface area contributed by atoms with Crippen molar-refractivity contribution >= 4 is 0 Å². The van der Waals surface area contributed by atoms with Crippen LogP contribution in [-0.4, -0.2) is 10.2 Å². The molecule has 2 rings (SSSR count). The second-order valence-electron chi connectivity index (χ2n) is 4.20. The monoisotopic (exact) mass is 210 g/mol. The highest BCUT2D eigenvalue weighted by Gasteiger charge is 2.20. The van der Waals surface area contributed by atoms with Crippen molar-refractivity contribution in [1.82, 2.24) is 10.2 Å². The zero-order valence-electron chi connectivity index (χ0n) is 10.1. The smallest absolute Gasteiger partial charge is 0.219 e. The van der Waals surface area contributed by atoms with Crippen LogP contribution in [0.2, 0.25) is 0 Å². The van der Waals surface area contributed by atoms with E-state index in [-0.39, 0.29) is 0 Å². The van der Waals surface area contributed by atoms with Crippen molar-refractivity contribution in [3.63, 3.8) is 0 Å². The maximum Gasteiger partial charge on any atom is 0.219 e. The van der Waals surface area contributed by atoms with Crippen LogP contribution in [0.5, 0.6) is 0 Å². The molecular formula is C12H22N2O. The van der Waals surface area contributed by atoms with E-state index in [1.807, 2.05) is 6.92 Å². The Morgan fingerprint density at radius 3 is 2.20 bits per heavy atom. The summed E-state index contributed by atoms with van der Waals surface area (Å²) in [5.74, 6) is 2.09. The highest BCUT2D eigenvalue weighted by molar-refractivity contribution is 4.92. The number of rotatable bonds is 1. The van der Waals surface area contributed by atoms with Crippen LogP contribution in [0.3, 0.4) is 0 Å². The molecule has 1 aromatic rings. The molecule has 0 radical (unpaired) electrons. The summed E-state index contributed by atoms with van der Waals surface area (Å²) in [7, 11) is 0. The zero-order valence-corrected chi connectivity index (χ0v) is 10.1. The van der Waals surface area contributed by atoms with Crippen LogP contribution in [0.25, 0.3) is 0 Å². The SMILES string of the molecule is CCC.Cc1nnc(C2CCCCC2)o1. The third kappa shape index (κ3) is 4.02. The molecule has 0 atom stereocenters. The van der Waals surface area contributed by atoms with E-state index in [2.05, 4.69) is 24.0 Å². The Labute approximate surface area is 92.3 Å². The summed E-state index contributed by atoms with van der Waals surface area (Å²) in [6.07, 6.45) is 7.69. The lowest BCUT2D eigenvalue weighted by atomic mass is 9.89. The van der Waals surface area contributed by atoms with E-state index >= 15 is 0 Å². The summed E-state index contributed by atoms with van der Waals surface area (Å²) >= 11 is 0. The van der Waals surface area contributed by atoms with Crippen molar-refractivity contribution in [2.24, 2.45) is 0 Å². The predicted molar refractivity (Wildman–Crippen MR) is 60.8 cm³/mol. The van der Waals surface area contributed by atoms with Gasteiger partial charge in [-0.1, -0.05) is 39.5 Å². The number of aryl methyl sites for hydroxylation is 1. The Morgan fingerprint density at radius 2 is 1.73 bits per heavy atom. The van der Waals surface area contributed by atoms with E-state index in [0.29, 0.717) is 11.8 Å².